The number of aryl methyl sites for hydroxylation is 1. The summed E-state index contributed by atoms with van der Waals surface area (Å²) in [7, 11) is 0. The van der Waals surface area contributed by atoms with E-state index in [-0.39, 0.29) is 29.8 Å². The topological polar surface area (TPSA) is 43.8 Å². The Hall–Kier alpha value is -1.42. The lowest BCUT2D eigenvalue weighted by molar-refractivity contribution is 0.372. The van der Waals surface area contributed by atoms with Gasteiger partial charge in [0.15, 0.2) is 5.96 Å². The number of aromatic nitrogens is 1. The summed E-state index contributed by atoms with van der Waals surface area (Å²) in [5, 5.41) is 4.46. The molecule has 142 valence electrons. The number of hydrogen-bond acceptors (Lipinski definition) is 4. The summed E-state index contributed by atoms with van der Waals surface area (Å²) in [6.07, 6.45) is 1.90. The summed E-state index contributed by atoms with van der Waals surface area (Å²) in [6, 6.07) is 6.72. The SMILES string of the molecule is CCNC(=NCc1cnc(C)s1)N1CCN(c2ccc(F)cc2)CC1.I. The molecule has 1 aromatic heterocycles. The van der Waals surface area contributed by atoms with Gasteiger partial charge >= 0.3 is 0 Å². The maximum absolute atomic E-state index is 13.1. The van der Waals surface area contributed by atoms with Crippen molar-refractivity contribution < 1.29 is 4.39 Å². The lowest BCUT2D eigenvalue weighted by Crippen LogP contribution is -2.52. The molecule has 8 heteroatoms. The Bertz CT molecular complexity index is 711. The Morgan fingerprint density at radius 2 is 1.92 bits per heavy atom. The molecule has 1 aliphatic heterocycles. The summed E-state index contributed by atoms with van der Waals surface area (Å²) in [5.74, 6) is 0.759. The van der Waals surface area contributed by atoms with E-state index >= 15 is 0 Å². The highest BCUT2D eigenvalue weighted by Gasteiger charge is 2.19. The molecule has 3 rings (SSSR count). The molecule has 1 aromatic carbocycles. The lowest BCUT2D eigenvalue weighted by atomic mass is 10.2. The normalized spacial score (nSPS) is 15.0. The Labute approximate surface area is 175 Å². The highest BCUT2D eigenvalue weighted by atomic mass is 127. The van der Waals surface area contributed by atoms with Crippen molar-refractivity contribution in [2.24, 2.45) is 4.99 Å². The van der Waals surface area contributed by atoms with Crippen LogP contribution in [-0.2, 0) is 6.54 Å². The highest BCUT2D eigenvalue weighted by molar-refractivity contribution is 14.0. The highest BCUT2D eigenvalue weighted by Crippen LogP contribution is 2.17. The number of thiazole rings is 1. The van der Waals surface area contributed by atoms with Crippen LogP contribution in [0.5, 0.6) is 0 Å². The Balaban J connectivity index is 0.00000243. The summed E-state index contributed by atoms with van der Waals surface area (Å²) in [4.78, 5) is 14.8. The Morgan fingerprint density at radius 3 is 2.50 bits per heavy atom. The van der Waals surface area contributed by atoms with Crippen LogP contribution in [0.2, 0.25) is 0 Å². The molecule has 0 saturated carbocycles. The second-order valence-electron chi connectivity index (χ2n) is 5.97. The van der Waals surface area contributed by atoms with Crippen molar-refractivity contribution in [1.82, 2.24) is 15.2 Å². The van der Waals surface area contributed by atoms with Gasteiger partial charge in [0.2, 0.25) is 0 Å². The van der Waals surface area contributed by atoms with Crippen LogP contribution in [0.25, 0.3) is 0 Å². The first-order chi connectivity index (χ1) is 12.2. The van der Waals surface area contributed by atoms with E-state index in [2.05, 4.69) is 27.0 Å². The van der Waals surface area contributed by atoms with Crippen molar-refractivity contribution in [3.63, 3.8) is 0 Å². The van der Waals surface area contributed by atoms with Crippen molar-refractivity contribution in [1.29, 1.82) is 0 Å². The standard InChI is InChI=1S/C18H24FN5S.HI/c1-3-20-18(22-13-17-12-21-14(2)25-17)24-10-8-23(9-11-24)16-6-4-15(19)5-7-16;/h4-7,12H,3,8-11,13H2,1-2H3,(H,20,22);1H. The molecule has 2 heterocycles. The third-order valence-corrected chi connectivity index (χ3v) is 5.06. The van der Waals surface area contributed by atoms with Gasteiger partial charge in [0.1, 0.15) is 5.82 Å². The first kappa shape index (κ1) is 20.9. The van der Waals surface area contributed by atoms with Gasteiger partial charge in [-0.15, -0.1) is 35.3 Å². The zero-order valence-electron chi connectivity index (χ0n) is 15.1. The number of aliphatic imine (C=N–C) groups is 1. The number of rotatable bonds is 4. The molecule has 0 amide bonds. The molecule has 1 fully saturated rings. The molecule has 0 aliphatic carbocycles. The summed E-state index contributed by atoms with van der Waals surface area (Å²) < 4.78 is 13.1. The van der Waals surface area contributed by atoms with E-state index in [0.29, 0.717) is 6.54 Å². The molecule has 0 bridgehead atoms. The molecule has 0 atom stereocenters. The third-order valence-electron chi connectivity index (χ3n) is 4.16. The number of halogens is 2. The van der Waals surface area contributed by atoms with E-state index in [1.54, 1.807) is 11.3 Å². The van der Waals surface area contributed by atoms with Crippen LogP contribution >= 0.6 is 35.3 Å². The van der Waals surface area contributed by atoms with Crippen molar-refractivity contribution in [3.05, 3.63) is 46.2 Å². The lowest BCUT2D eigenvalue weighted by Gasteiger charge is -2.37. The molecule has 2 aromatic rings. The van der Waals surface area contributed by atoms with Gasteiger partial charge in [-0.05, 0) is 38.1 Å². The molecule has 5 nitrogen and oxygen atoms in total. The fraction of sp³-hybridized carbons (Fsp3) is 0.444. The largest absolute Gasteiger partial charge is 0.368 e. The number of anilines is 1. The van der Waals surface area contributed by atoms with Gasteiger partial charge in [-0.25, -0.2) is 14.4 Å². The van der Waals surface area contributed by atoms with Gasteiger partial charge in [-0.2, -0.15) is 0 Å². The van der Waals surface area contributed by atoms with Crippen LogP contribution in [0.15, 0.2) is 35.5 Å². The van der Waals surface area contributed by atoms with Crippen LogP contribution in [0.1, 0.15) is 16.8 Å². The molecule has 1 aliphatic rings. The maximum atomic E-state index is 13.1. The molecule has 0 radical (unpaired) electrons. The van der Waals surface area contributed by atoms with Crippen molar-refractivity contribution in [3.8, 4) is 0 Å². The summed E-state index contributed by atoms with van der Waals surface area (Å²) in [5.41, 5.74) is 1.07. The van der Waals surface area contributed by atoms with E-state index in [0.717, 1.165) is 49.4 Å². The number of nitrogens with zero attached hydrogens (tertiary/aromatic N) is 4. The summed E-state index contributed by atoms with van der Waals surface area (Å²) in [6.45, 7) is 9.19. The molecular weight excluding hydrogens is 464 g/mol. The Morgan fingerprint density at radius 1 is 1.23 bits per heavy atom. The van der Waals surface area contributed by atoms with Gasteiger partial charge in [0.25, 0.3) is 0 Å². The average molecular weight is 489 g/mol. The number of nitrogens with one attached hydrogen (secondary N) is 1. The second-order valence-corrected chi connectivity index (χ2v) is 7.29. The average Bonchev–Trinajstić information content (AvgIpc) is 3.05. The van der Waals surface area contributed by atoms with Crippen LogP contribution < -0.4 is 10.2 Å². The van der Waals surface area contributed by atoms with E-state index in [4.69, 9.17) is 4.99 Å². The van der Waals surface area contributed by atoms with Crippen LogP contribution in [-0.4, -0.2) is 48.6 Å². The number of benzene rings is 1. The zero-order valence-corrected chi connectivity index (χ0v) is 18.3. The fourth-order valence-corrected chi connectivity index (χ4v) is 3.60. The van der Waals surface area contributed by atoms with Crippen molar-refractivity contribution in [2.75, 3.05) is 37.6 Å². The van der Waals surface area contributed by atoms with Gasteiger partial charge < -0.3 is 15.1 Å². The molecule has 0 spiro atoms. The van der Waals surface area contributed by atoms with Crippen LogP contribution in [0, 0.1) is 12.7 Å². The fourth-order valence-electron chi connectivity index (χ4n) is 2.89. The van der Waals surface area contributed by atoms with Gasteiger partial charge in [0.05, 0.1) is 11.6 Å². The minimum absolute atomic E-state index is 0. The predicted molar refractivity (Wildman–Crippen MR) is 117 cm³/mol. The number of hydrogen-bond donors (Lipinski definition) is 1. The van der Waals surface area contributed by atoms with Crippen molar-refractivity contribution in [2.45, 2.75) is 20.4 Å². The van der Waals surface area contributed by atoms with E-state index in [1.165, 1.54) is 17.0 Å². The first-order valence-electron chi connectivity index (χ1n) is 8.61. The van der Waals surface area contributed by atoms with Gasteiger partial charge in [-0.3, -0.25) is 0 Å². The smallest absolute Gasteiger partial charge is 0.194 e. The van der Waals surface area contributed by atoms with Crippen LogP contribution in [0.3, 0.4) is 0 Å². The minimum atomic E-state index is -0.192. The minimum Gasteiger partial charge on any atom is -0.368 e. The Kier molecular flexibility index (Phi) is 8.08. The number of piperazine rings is 1. The van der Waals surface area contributed by atoms with E-state index < -0.39 is 0 Å². The molecule has 1 N–H and O–H groups in total. The molecular formula is C18H25FIN5S. The summed E-state index contributed by atoms with van der Waals surface area (Å²) >= 11 is 1.69. The monoisotopic (exact) mass is 489 g/mol. The van der Waals surface area contributed by atoms with Gasteiger partial charge in [-0.1, -0.05) is 0 Å². The van der Waals surface area contributed by atoms with Gasteiger partial charge in [0, 0.05) is 49.5 Å². The van der Waals surface area contributed by atoms with E-state index in [1.807, 2.05) is 25.3 Å². The second kappa shape index (κ2) is 10.1. The molecule has 26 heavy (non-hydrogen) atoms. The first-order valence-corrected chi connectivity index (χ1v) is 9.42. The van der Waals surface area contributed by atoms with Crippen molar-refractivity contribution >= 4 is 47.0 Å². The molecule has 1 saturated heterocycles. The van der Waals surface area contributed by atoms with E-state index in [9.17, 15) is 4.39 Å². The number of guanidine groups is 1. The predicted octanol–water partition coefficient (Wildman–Crippen LogP) is 3.50. The molecule has 0 unspecified atom stereocenters. The zero-order chi connectivity index (χ0) is 17.6. The van der Waals surface area contributed by atoms with Crippen LogP contribution in [0.4, 0.5) is 10.1 Å². The quantitative estimate of drug-likeness (QED) is 0.406. The third kappa shape index (κ3) is 5.54. The maximum Gasteiger partial charge on any atom is 0.194 e.